The normalized spacial score (nSPS) is 10.7. The highest BCUT2D eigenvalue weighted by Gasteiger charge is 2.15. The second kappa shape index (κ2) is 9.92. The van der Waals surface area contributed by atoms with Crippen molar-refractivity contribution in [3.8, 4) is 11.5 Å². The number of oxazole rings is 1. The van der Waals surface area contributed by atoms with Gasteiger partial charge in [0, 0.05) is 30.8 Å². The number of nitrogens with zero attached hydrogens (tertiary/aromatic N) is 2. The van der Waals surface area contributed by atoms with Crippen LogP contribution in [0.5, 0.6) is 0 Å². The first-order valence-corrected chi connectivity index (χ1v) is 10.2. The van der Waals surface area contributed by atoms with Gasteiger partial charge in [-0.3, -0.25) is 14.6 Å². The summed E-state index contributed by atoms with van der Waals surface area (Å²) in [5, 5.41) is 5.59. The van der Waals surface area contributed by atoms with Crippen LogP contribution in [-0.2, 0) is 17.9 Å². The Kier molecular flexibility index (Phi) is 6.61. The number of methoxy groups -OCH3 is 1. The largest absolute Gasteiger partial charge is 0.453 e. The molecule has 0 saturated heterocycles. The van der Waals surface area contributed by atoms with Crippen LogP contribution in [0.15, 0.2) is 69.8 Å². The third kappa shape index (κ3) is 5.34. The van der Waals surface area contributed by atoms with Crippen LogP contribution in [0, 0.1) is 6.92 Å². The van der Waals surface area contributed by atoms with Gasteiger partial charge in [-0.25, -0.2) is 4.98 Å². The summed E-state index contributed by atoms with van der Waals surface area (Å²) in [6.07, 6.45) is 3.11. The third-order valence-corrected chi connectivity index (χ3v) is 4.79. The van der Waals surface area contributed by atoms with E-state index in [1.807, 2.05) is 0 Å². The van der Waals surface area contributed by atoms with Gasteiger partial charge in [0.25, 0.3) is 11.8 Å². The van der Waals surface area contributed by atoms with Crippen LogP contribution in [0.3, 0.4) is 0 Å². The second-order valence-electron chi connectivity index (χ2n) is 7.18. The molecular weight excluding hydrogens is 424 g/mol. The zero-order chi connectivity index (χ0) is 23.2. The lowest BCUT2D eigenvalue weighted by atomic mass is 10.2. The molecule has 2 amide bonds. The SMILES string of the molecule is COCc1ccc(C(=O)Nc2ccc(-c3nc(CNC(=O)c4cccnc4)c(C)o3)cc2)o1. The first-order valence-electron chi connectivity index (χ1n) is 10.2. The first kappa shape index (κ1) is 22.0. The number of aromatic nitrogens is 2. The fourth-order valence-corrected chi connectivity index (χ4v) is 3.09. The molecule has 9 nitrogen and oxygen atoms in total. The smallest absolute Gasteiger partial charge is 0.291 e. The van der Waals surface area contributed by atoms with Gasteiger partial charge in [0.05, 0.1) is 12.1 Å². The maximum absolute atomic E-state index is 12.3. The fraction of sp³-hybridized carbons (Fsp3) is 0.167. The molecule has 0 aliphatic rings. The molecule has 2 N–H and O–H groups in total. The fourth-order valence-electron chi connectivity index (χ4n) is 3.09. The molecule has 168 valence electrons. The number of nitrogens with one attached hydrogen (secondary N) is 2. The Bertz CT molecular complexity index is 1250. The van der Waals surface area contributed by atoms with Crippen molar-refractivity contribution in [2.75, 3.05) is 12.4 Å². The Morgan fingerprint density at radius 3 is 2.58 bits per heavy atom. The standard InChI is InChI=1S/C24H22N4O5/c1-15-20(13-26-22(29)17-4-3-11-25-12-17)28-24(32-15)16-5-7-18(8-6-16)27-23(30)21-10-9-19(33-21)14-31-2/h3-12H,13-14H2,1-2H3,(H,26,29)(H,27,30). The van der Waals surface area contributed by atoms with Crippen LogP contribution < -0.4 is 10.6 Å². The molecule has 4 aromatic rings. The Labute approximate surface area is 189 Å². The van der Waals surface area contributed by atoms with Gasteiger partial charge >= 0.3 is 0 Å². The molecule has 33 heavy (non-hydrogen) atoms. The molecule has 0 saturated carbocycles. The summed E-state index contributed by atoms with van der Waals surface area (Å²) in [7, 11) is 1.56. The number of benzene rings is 1. The highest BCUT2D eigenvalue weighted by atomic mass is 16.5. The van der Waals surface area contributed by atoms with E-state index < -0.39 is 0 Å². The van der Waals surface area contributed by atoms with Crippen LogP contribution in [0.4, 0.5) is 5.69 Å². The van der Waals surface area contributed by atoms with Crippen molar-refractivity contribution < 1.29 is 23.2 Å². The molecule has 0 aliphatic carbocycles. The van der Waals surface area contributed by atoms with Crippen molar-refractivity contribution in [3.63, 3.8) is 0 Å². The molecule has 0 aliphatic heterocycles. The minimum atomic E-state index is -0.358. The minimum Gasteiger partial charge on any atom is -0.453 e. The number of anilines is 1. The van der Waals surface area contributed by atoms with Gasteiger partial charge < -0.3 is 24.2 Å². The van der Waals surface area contributed by atoms with Gasteiger partial charge in [0.15, 0.2) is 5.76 Å². The zero-order valence-corrected chi connectivity index (χ0v) is 18.1. The van der Waals surface area contributed by atoms with Gasteiger partial charge in [-0.15, -0.1) is 0 Å². The van der Waals surface area contributed by atoms with Gasteiger partial charge in [0.2, 0.25) is 5.89 Å². The van der Waals surface area contributed by atoms with Crippen molar-refractivity contribution in [3.05, 3.63) is 89.5 Å². The summed E-state index contributed by atoms with van der Waals surface area (Å²) < 4.78 is 16.2. The van der Waals surface area contributed by atoms with Crippen molar-refractivity contribution in [1.29, 1.82) is 0 Å². The number of amides is 2. The van der Waals surface area contributed by atoms with Crippen molar-refractivity contribution in [2.24, 2.45) is 0 Å². The van der Waals surface area contributed by atoms with Crippen LogP contribution in [0.1, 0.15) is 38.1 Å². The van der Waals surface area contributed by atoms with E-state index >= 15 is 0 Å². The van der Waals surface area contributed by atoms with Crippen LogP contribution in [-0.4, -0.2) is 28.9 Å². The minimum absolute atomic E-state index is 0.201. The van der Waals surface area contributed by atoms with E-state index in [4.69, 9.17) is 13.6 Å². The van der Waals surface area contributed by atoms with Crippen LogP contribution >= 0.6 is 0 Å². The molecule has 0 fully saturated rings. The molecule has 9 heteroatoms. The summed E-state index contributed by atoms with van der Waals surface area (Å²) in [5.41, 5.74) is 2.44. The number of ether oxygens (including phenoxy) is 1. The van der Waals surface area contributed by atoms with E-state index in [9.17, 15) is 9.59 Å². The molecule has 4 rings (SSSR count). The molecule has 3 aromatic heterocycles. The monoisotopic (exact) mass is 446 g/mol. The molecular formula is C24H22N4O5. The third-order valence-electron chi connectivity index (χ3n) is 4.79. The summed E-state index contributed by atoms with van der Waals surface area (Å²) in [6.45, 7) is 2.32. The molecule has 3 heterocycles. The number of hydrogen-bond donors (Lipinski definition) is 2. The summed E-state index contributed by atoms with van der Waals surface area (Å²) in [4.78, 5) is 33.0. The van der Waals surface area contributed by atoms with Crippen molar-refractivity contribution in [2.45, 2.75) is 20.1 Å². The number of rotatable bonds is 8. The first-order chi connectivity index (χ1) is 16.0. The Balaban J connectivity index is 1.38. The molecule has 0 unspecified atom stereocenters. The molecule has 0 radical (unpaired) electrons. The number of furan rings is 1. The Morgan fingerprint density at radius 2 is 1.85 bits per heavy atom. The lowest BCUT2D eigenvalue weighted by Gasteiger charge is -2.04. The molecule has 0 atom stereocenters. The number of pyridine rings is 1. The van der Waals surface area contributed by atoms with E-state index in [1.165, 1.54) is 6.20 Å². The van der Waals surface area contributed by atoms with E-state index in [-0.39, 0.29) is 24.1 Å². The van der Waals surface area contributed by atoms with Crippen LogP contribution in [0.25, 0.3) is 11.5 Å². The van der Waals surface area contributed by atoms with Gasteiger partial charge in [0.1, 0.15) is 23.8 Å². The quantitative estimate of drug-likeness (QED) is 0.420. The van der Waals surface area contributed by atoms with Crippen LogP contribution in [0.2, 0.25) is 0 Å². The summed E-state index contributed by atoms with van der Waals surface area (Å²) in [6, 6.07) is 13.8. The molecule has 0 spiro atoms. The maximum atomic E-state index is 12.3. The number of carbonyl (C=O) groups is 2. The zero-order valence-electron chi connectivity index (χ0n) is 18.1. The highest BCUT2D eigenvalue weighted by Crippen LogP contribution is 2.24. The van der Waals surface area contributed by atoms with Crippen molar-refractivity contribution >= 4 is 17.5 Å². The predicted octanol–water partition coefficient (Wildman–Crippen LogP) is 3.97. The lowest BCUT2D eigenvalue weighted by molar-refractivity contribution is 0.0948. The average Bonchev–Trinajstić information content (AvgIpc) is 3.45. The number of hydrogen-bond acceptors (Lipinski definition) is 7. The highest BCUT2D eigenvalue weighted by molar-refractivity contribution is 6.02. The lowest BCUT2D eigenvalue weighted by Crippen LogP contribution is -2.23. The van der Waals surface area contributed by atoms with E-state index in [0.717, 1.165) is 5.56 Å². The number of aryl methyl sites for hydroxylation is 1. The number of carbonyl (C=O) groups excluding carboxylic acids is 2. The van der Waals surface area contributed by atoms with E-state index in [2.05, 4.69) is 20.6 Å². The van der Waals surface area contributed by atoms with E-state index in [0.29, 0.717) is 41.0 Å². The Hall–Kier alpha value is -4.24. The van der Waals surface area contributed by atoms with Gasteiger partial charge in [-0.2, -0.15) is 0 Å². The van der Waals surface area contributed by atoms with Gasteiger partial charge in [-0.1, -0.05) is 0 Å². The molecule has 1 aromatic carbocycles. The van der Waals surface area contributed by atoms with Crippen molar-refractivity contribution in [1.82, 2.24) is 15.3 Å². The summed E-state index contributed by atoms with van der Waals surface area (Å²) in [5.74, 6) is 1.21. The Morgan fingerprint density at radius 1 is 1.03 bits per heavy atom. The van der Waals surface area contributed by atoms with E-state index in [1.54, 1.807) is 68.8 Å². The average molecular weight is 446 g/mol. The maximum Gasteiger partial charge on any atom is 0.291 e. The van der Waals surface area contributed by atoms with Gasteiger partial charge in [-0.05, 0) is 55.5 Å². The second-order valence-corrected chi connectivity index (χ2v) is 7.18. The predicted molar refractivity (Wildman–Crippen MR) is 119 cm³/mol. The topological polar surface area (TPSA) is 119 Å². The molecule has 0 bridgehead atoms. The summed E-state index contributed by atoms with van der Waals surface area (Å²) >= 11 is 0.